The number of nitrogen functional groups attached to an aromatic ring is 1. The lowest BCUT2D eigenvalue weighted by Gasteiger charge is -2.15. The van der Waals surface area contributed by atoms with E-state index in [1.807, 2.05) is 0 Å². The summed E-state index contributed by atoms with van der Waals surface area (Å²) in [7, 11) is -4.25. The smallest absolute Gasteiger partial charge is 0.351 e. The van der Waals surface area contributed by atoms with Crippen LogP contribution in [0.5, 0.6) is 0 Å². The highest BCUT2D eigenvalue weighted by Crippen LogP contribution is 2.34. The minimum Gasteiger partial charge on any atom is -0.383 e. The van der Waals surface area contributed by atoms with Crippen LogP contribution in [0.25, 0.3) is 0 Å². The molecule has 0 fully saturated rings. The summed E-state index contributed by atoms with van der Waals surface area (Å²) in [5, 5.41) is 0. The normalized spacial score (nSPS) is 13.2. The Morgan fingerprint density at radius 3 is 2.83 bits per heavy atom. The van der Waals surface area contributed by atoms with E-state index in [0.717, 1.165) is 0 Å². The lowest BCUT2D eigenvalue weighted by molar-refractivity contribution is 0.0948. The fourth-order valence-electron chi connectivity index (χ4n) is 1.16. The van der Waals surface area contributed by atoms with Crippen LogP contribution in [0.3, 0.4) is 0 Å². The first-order chi connectivity index (χ1) is 8.31. The van der Waals surface area contributed by atoms with Crippen molar-refractivity contribution >= 4 is 13.4 Å². The molecule has 100 valence electrons. The molecule has 1 unspecified atom stereocenters. The number of nitrogens with zero attached hydrogens (tertiary/aromatic N) is 2. The van der Waals surface area contributed by atoms with Gasteiger partial charge >= 0.3 is 13.3 Å². The number of aromatic nitrogens is 2. The monoisotopic (exact) mass is 275 g/mol. The Kier molecular flexibility index (Phi) is 4.80. The summed E-state index contributed by atoms with van der Waals surface area (Å²) in [6.45, 7) is 3.52. The van der Waals surface area contributed by atoms with E-state index >= 15 is 0 Å². The molecule has 1 rings (SSSR count). The summed E-state index contributed by atoms with van der Waals surface area (Å²) >= 11 is 0. The molecule has 0 bridgehead atoms. The average molecular weight is 275 g/mol. The fourth-order valence-corrected chi connectivity index (χ4v) is 1.55. The first-order valence-corrected chi connectivity index (χ1v) is 6.73. The minimum atomic E-state index is -4.25. The largest absolute Gasteiger partial charge is 0.383 e. The van der Waals surface area contributed by atoms with E-state index in [1.54, 1.807) is 0 Å². The van der Waals surface area contributed by atoms with Crippen molar-refractivity contribution in [3.8, 4) is 0 Å². The van der Waals surface area contributed by atoms with Gasteiger partial charge in [-0.3, -0.25) is 9.13 Å². The van der Waals surface area contributed by atoms with Crippen LogP contribution in [-0.4, -0.2) is 31.8 Å². The van der Waals surface area contributed by atoms with Gasteiger partial charge in [0, 0.05) is 6.20 Å². The van der Waals surface area contributed by atoms with E-state index in [9.17, 15) is 9.36 Å². The standard InChI is InChI=1S/C9H14N3O5P/c1-2-7(17-6-18(14,15)16)5-12-4-3-8(10)11-9(12)13/h2-4,7H,1,5-6H2,(H2,10,11,13)(H2,14,15,16). The van der Waals surface area contributed by atoms with Gasteiger partial charge in [-0.25, -0.2) is 4.79 Å². The zero-order valence-electron chi connectivity index (χ0n) is 9.47. The molecule has 0 amide bonds. The van der Waals surface area contributed by atoms with Crippen molar-refractivity contribution in [2.24, 2.45) is 0 Å². The molecule has 9 heteroatoms. The van der Waals surface area contributed by atoms with E-state index in [0.29, 0.717) is 0 Å². The molecule has 4 N–H and O–H groups in total. The molecule has 0 aromatic carbocycles. The Morgan fingerprint density at radius 2 is 2.33 bits per heavy atom. The van der Waals surface area contributed by atoms with E-state index in [4.69, 9.17) is 20.3 Å². The maximum absolute atomic E-state index is 11.4. The van der Waals surface area contributed by atoms with Gasteiger partial charge in [-0.05, 0) is 6.07 Å². The first-order valence-electron chi connectivity index (χ1n) is 4.93. The zero-order valence-corrected chi connectivity index (χ0v) is 10.4. The summed E-state index contributed by atoms with van der Waals surface area (Å²) in [6, 6.07) is 1.44. The van der Waals surface area contributed by atoms with Crippen molar-refractivity contribution in [3.63, 3.8) is 0 Å². The van der Waals surface area contributed by atoms with Gasteiger partial charge in [-0.1, -0.05) is 6.08 Å². The van der Waals surface area contributed by atoms with Crippen molar-refractivity contribution < 1.29 is 19.1 Å². The maximum Gasteiger partial charge on any atom is 0.351 e. The van der Waals surface area contributed by atoms with Gasteiger partial charge < -0.3 is 20.3 Å². The maximum atomic E-state index is 11.4. The van der Waals surface area contributed by atoms with Crippen molar-refractivity contribution in [3.05, 3.63) is 35.4 Å². The van der Waals surface area contributed by atoms with Crippen LogP contribution in [0, 0.1) is 0 Å². The number of nitrogens with two attached hydrogens (primary N) is 1. The summed E-state index contributed by atoms with van der Waals surface area (Å²) < 4.78 is 16.8. The Bertz CT molecular complexity index is 523. The summed E-state index contributed by atoms with van der Waals surface area (Å²) in [5.41, 5.74) is 4.76. The molecule has 0 saturated heterocycles. The van der Waals surface area contributed by atoms with Gasteiger partial charge in [0.15, 0.2) is 0 Å². The zero-order chi connectivity index (χ0) is 13.8. The Balaban J connectivity index is 2.71. The summed E-state index contributed by atoms with van der Waals surface area (Å²) in [6.07, 6.45) is 1.32. The number of rotatable bonds is 6. The van der Waals surface area contributed by atoms with Crippen molar-refractivity contribution in [1.29, 1.82) is 0 Å². The van der Waals surface area contributed by atoms with Gasteiger partial charge in [0.25, 0.3) is 0 Å². The highest BCUT2D eigenvalue weighted by atomic mass is 31.2. The second kappa shape index (κ2) is 5.92. The second-order valence-corrected chi connectivity index (χ2v) is 5.11. The van der Waals surface area contributed by atoms with Crippen LogP contribution in [0.4, 0.5) is 5.82 Å². The Labute approximate surface area is 103 Å². The SMILES string of the molecule is C=CC(Cn1ccc(N)nc1=O)OCP(=O)(O)O. The summed E-state index contributed by atoms with van der Waals surface area (Å²) in [4.78, 5) is 32.3. The third kappa shape index (κ3) is 4.80. The molecular formula is C9H14N3O5P. The quantitative estimate of drug-likeness (QED) is 0.473. The second-order valence-electron chi connectivity index (χ2n) is 3.52. The van der Waals surface area contributed by atoms with Crippen LogP contribution in [0.15, 0.2) is 29.7 Å². The van der Waals surface area contributed by atoms with Gasteiger partial charge in [0.1, 0.15) is 12.2 Å². The number of hydrogen-bond acceptors (Lipinski definition) is 5. The van der Waals surface area contributed by atoms with Crippen LogP contribution >= 0.6 is 7.60 Å². The van der Waals surface area contributed by atoms with Crippen molar-refractivity contribution in [2.45, 2.75) is 12.6 Å². The van der Waals surface area contributed by atoms with Crippen LogP contribution in [0.1, 0.15) is 0 Å². The molecule has 8 nitrogen and oxygen atoms in total. The number of anilines is 1. The molecular weight excluding hydrogens is 261 g/mol. The lowest BCUT2D eigenvalue weighted by Crippen LogP contribution is -2.29. The average Bonchev–Trinajstić information content (AvgIpc) is 2.25. The molecule has 1 heterocycles. The third-order valence-electron chi connectivity index (χ3n) is 1.99. The minimum absolute atomic E-state index is 0.0512. The van der Waals surface area contributed by atoms with Crippen molar-refractivity contribution in [2.75, 3.05) is 12.1 Å². The van der Waals surface area contributed by atoms with Crippen LogP contribution in [-0.2, 0) is 15.8 Å². The predicted octanol–water partition coefficient (Wildman–Crippen LogP) is -0.468. The molecule has 0 aliphatic rings. The predicted molar refractivity (Wildman–Crippen MR) is 64.9 cm³/mol. The molecule has 0 aliphatic heterocycles. The number of hydrogen-bond donors (Lipinski definition) is 3. The van der Waals surface area contributed by atoms with E-state index < -0.39 is 25.7 Å². The third-order valence-corrected chi connectivity index (χ3v) is 2.48. The highest BCUT2D eigenvalue weighted by molar-refractivity contribution is 7.51. The Morgan fingerprint density at radius 1 is 1.67 bits per heavy atom. The lowest BCUT2D eigenvalue weighted by atomic mass is 10.3. The molecule has 0 radical (unpaired) electrons. The molecule has 0 aliphatic carbocycles. The van der Waals surface area contributed by atoms with E-state index in [1.165, 1.54) is 22.9 Å². The van der Waals surface area contributed by atoms with Crippen LogP contribution < -0.4 is 11.4 Å². The van der Waals surface area contributed by atoms with E-state index in [2.05, 4.69) is 11.6 Å². The molecule has 1 atom stereocenters. The van der Waals surface area contributed by atoms with Crippen LogP contribution in [0.2, 0.25) is 0 Å². The molecule has 1 aromatic heterocycles. The van der Waals surface area contributed by atoms with Gasteiger partial charge in [0.05, 0.1) is 12.6 Å². The molecule has 0 saturated carbocycles. The van der Waals surface area contributed by atoms with Gasteiger partial charge in [-0.15, -0.1) is 6.58 Å². The molecule has 1 aromatic rings. The molecule has 0 spiro atoms. The topological polar surface area (TPSA) is 128 Å². The van der Waals surface area contributed by atoms with E-state index in [-0.39, 0.29) is 12.4 Å². The first kappa shape index (κ1) is 14.6. The Hall–Kier alpha value is -1.47. The number of ether oxygens (including phenoxy) is 1. The highest BCUT2D eigenvalue weighted by Gasteiger charge is 2.16. The van der Waals surface area contributed by atoms with Crippen molar-refractivity contribution in [1.82, 2.24) is 9.55 Å². The molecule has 18 heavy (non-hydrogen) atoms. The van der Waals surface area contributed by atoms with Gasteiger partial charge in [-0.2, -0.15) is 4.98 Å². The fraction of sp³-hybridized carbons (Fsp3) is 0.333. The van der Waals surface area contributed by atoms with Gasteiger partial charge in [0.2, 0.25) is 0 Å². The summed E-state index contributed by atoms with van der Waals surface area (Å²) in [5.74, 6) is 0.0996.